The van der Waals surface area contributed by atoms with E-state index in [9.17, 15) is 0 Å². The molecule has 112 valence electrons. The molecular formula is C18H23NO2. The molecule has 0 saturated heterocycles. The molecule has 0 saturated carbocycles. The van der Waals surface area contributed by atoms with Crippen LogP contribution in [-0.4, -0.2) is 20.2 Å². The van der Waals surface area contributed by atoms with Gasteiger partial charge in [-0.1, -0.05) is 30.3 Å². The third kappa shape index (κ3) is 5.88. The second-order valence-electron chi connectivity index (χ2n) is 4.90. The van der Waals surface area contributed by atoms with Crippen LogP contribution in [0, 0.1) is 0 Å². The first-order valence-corrected chi connectivity index (χ1v) is 7.42. The Morgan fingerprint density at radius 2 is 1.48 bits per heavy atom. The Morgan fingerprint density at radius 1 is 0.810 bits per heavy atom. The quantitative estimate of drug-likeness (QED) is 0.713. The minimum Gasteiger partial charge on any atom is -0.494 e. The van der Waals surface area contributed by atoms with E-state index >= 15 is 0 Å². The summed E-state index contributed by atoms with van der Waals surface area (Å²) in [7, 11) is 1.97. The maximum Gasteiger partial charge on any atom is 0.120 e. The molecule has 0 atom stereocenters. The molecule has 0 amide bonds. The third-order valence-corrected chi connectivity index (χ3v) is 3.16. The largest absolute Gasteiger partial charge is 0.494 e. The van der Waals surface area contributed by atoms with E-state index in [1.807, 2.05) is 49.5 Å². The zero-order valence-corrected chi connectivity index (χ0v) is 12.5. The summed E-state index contributed by atoms with van der Waals surface area (Å²) in [6, 6.07) is 18.0. The molecule has 3 nitrogen and oxygen atoms in total. The molecule has 0 aromatic heterocycles. The Bertz CT molecular complexity index is 496. The van der Waals surface area contributed by atoms with Crippen LogP contribution in [0.4, 0.5) is 0 Å². The summed E-state index contributed by atoms with van der Waals surface area (Å²) in [4.78, 5) is 0. The topological polar surface area (TPSA) is 30.5 Å². The summed E-state index contributed by atoms with van der Waals surface area (Å²) in [6.07, 6.45) is 2.20. The average molecular weight is 285 g/mol. The highest BCUT2D eigenvalue weighted by atomic mass is 16.5. The smallest absolute Gasteiger partial charge is 0.120 e. The van der Waals surface area contributed by atoms with Crippen LogP contribution in [0.25, 0.3) is 0 Å². The van der Waals surface area contributed by atoms with Gasteiger partial charge in [-0.15, -0.1) is 0 Å². The Kier molecular flexibility index (Phi) is 6.62. The van der Waals surface area contributed by atoms with Crippen LogP contribution >= 0.6 is 0 Å². The molecule has 0 heterocycles. The summed E-state index contributed by atoms with van der Waals surface area (Å²) < 4.78 is 11.4. The van der Waals surface area contributed by atoms with Gasteiger partial charge in [0.05, 0.1) is 6.61 Å². The summed E-state index contributed by atoms with van der Waals surface area (Å²) >= 11 is 0. The lowest BCUT2D eigenvalue weighted by Crippen LogP contribution is -2.09. The molecule has 3 heteroatoms. The fraction of sp³-hybridized carbons (Fsp3) is 0.333. The molecule has 0 radical (unpaired) electrons. The lowest BCUT2D eigenvalue weighted by atomic mass is 10.2. The molecule has 0 fully saturated rings. The van der Waals surface area contributed by atoms with Gasteiger partial charge in [-0.05, 0) is 56.3 Å². The lowest BCUT2D eigenvalue weighted by Gasteiger charge is -2.09. The third-order valence-electron chi connectivity index (χ3n) is 3.16. The van der Waals surface area contributed by atoms with Crippen molar-refractivity contribution in [2.24, 2.45) is 0 Å². The van der Waals surface area contributed by atoms with Gasteiger partial charge in [0, 0.05) is 0 Å². The standard InChI is InChI=1S/C18H23NO2/c1-19-13-5-6-14-20-17-9-11-18(12-10-17)21-15-16-7-3-2-4-8-16/h2-4,7-12,19H,5-6,13-15H2,1H3. The van der Waals surface area contributed by atoms with E-state index in [2.05, 4.69) is 17.4 Å². The Balaban J connectivity index is 1.71. The molecule has 0 bridgehead atoms. The van der Waals surface area contributed by atoms with E-state index < -0.39 is 0 Å². The van der Waals surface area contributed by atoms with Crippen molar-refractivity contribution in [2.75, 3.05) is 20.2 Å². The highest BCUT2D eigenvalue weighted by Crippen LogP contribution is 2.18. The number of unbranched alkanes of at least 4 members (excludes halogenated alkanes) is 1. The normalized spacial score (nSPS) is 10.3. The van der Waals surface area contributed by atoms with Gasteiger partial charge in [0.25, 0.3) is 0 Å². The van der Waals surface area contributed by atoms with Crippen LogP contribution in [0.5, 0.6) is 11.5 Å². The summed E-state index contributed by atoms with van der Waals surface area (Å²) in [6.45, 7) is 2.38. The van der Waals surface area contributed by atoms with Crippen molar-refractivity contribution in [3.8, 4) is 11.5 Å². The van der Waals surface area contributed by atoms with E-state index in [4.69, 9.17) is 9.47 Å². The fourth-order valence-electron chi connectivity index (χ4n) is 1.97. The van der Waals surface area contributed by atoms with Crippen molar-refractivity contribution >= 4 is 0 Å². The van der Waals surface area contributed by atoms with E-state index in [1.54, 1.807) is 0 Å². The predicted octanol–water partition coefficient (Wildman–Crippen LogP) is 3.64. The van der Waals surface area contributed by atoms with Crippen LogP contribution in [0.1, 0.15) is 18.4 Å². The predicted molar refractivity (Wildman–Crippen MR) is 85.9 cm³/mol. The Morgan fingerprint density at radius 3 is 2.14 bits per heavy atom. The van der Waals surface area contributed by atoms with E-state index in [-0.39, 0.29) is 0 Å². The van der Waals surface area contributed by atoms with Crippen molar-refractivity contribution in [1.82, 2.24) is 5.32 Å². The zero-order chi connectivity index (χ0) is 14.8. The maximum atomic E-state index is 5.74. The molecule has 2 rings (SSSR count). The highest BCUT2D eigenvalue weighted by Gasteiger charge is 1.98. The van der Waals surface area contributed by atoms with Crippen LogP contribution in [0.3, 0.4) is 0 Å². The van der Waals surface area contributed by atoms with Gasteiger partial charge in [0.2, 0.25) is 0 Å². The molecule has 0 aliphatic rings. The van der Waals surface area contributed by atoms with Gasteiger partial charge in [-0.2, -0.15) is 0 Å². The molecule has 0 aliphatic heterocycles. The second-order valence-corrected chi connectivity index (χ2v) is 4.90. The maximum absolute atomic E-state index is 5.74. The monoisotopic (exact) mass is 285 g/mol. The van der Waals surface area contributed by atoms with Gasteiger partial charge in [0.1, 0.15) is 18.1 Å². The summed E-state index contributed by atoms with van der Waals surface area (Å²) in [5, 5.41) is 3.13. The van der Waals surface area contributed by atoms with Crippen LogP contribution in [-0.2, 0) is 6.61 Å². The first kappa shape index (κ1) is 15.4. The van der Waals surface area contributed by atoms with E-state index in [1.165, 1.54) is 5.56 Å². The first-order valence-electron chi connectivity index (χ1n) is 7.42. The molecular weight excluding hydrogens is 262 g/mol. The minimum absolute atomic E-state index is 0.588. The average Bonchev–Trinajstić information content (AvgIpc) is 2.55. The van der Waals surface area contributed by atoms with Crippen molar-refractivity contribution in [3.05, 3.63) is 60.2 Å². The van der Waals surface area contributed by atoms with Gasteiger partial charge in [0.15, 0.2) is 0 Å². The van der Waals surface area contributed by atoms with Gasteiger partial charge >= 0.3 is 0 Å². The molecule has 0 aliphatic carbocycles. The van der Waals surface area contributed by atoms with Gasteiger partial charge in [-0.3, -0.25) is 0 Å². The SMILES string of the molecule is CNCCCCOc1ccc(OCc2ccccc2)cc1. The van der Waals surface area contributed by atoms with Crippen molar-refractivity contribution in [1.29, 1.82) is 0 Å². The lowest BCUT2D eigenvalue weighted by molar-refractivity contribution is 0.298. The number of nitrogens with one attached hydrogen (secondary N) is 1. The number of hydrogen-bond acceptors (Lipinski definition) is 3. The van der Waals surface area contributed by atoms with E-state index in [0.717, 1.165) is 37.5 Å². The van der Waals surface area contributed by atoms with Crippen molar-refractivity contribution in [3.63, 3.8) is 0 Å². The summed E-state index contributed by atoms with van der Waals surface area (Å²) in [5.74, 6) is 1.76. The Labute approximate surface area is 126 Å². The molecule has 1 N–H and O–H groups in total. The molecule has 21 heavy (non-hydrogen) atoms. The van der Waals surface area contributed by atoms with Gasteiger partial charge in [-0.25, -0.2) is 0 Å². The Hall–Kier alpha value is -2.00. The summed E-state index contributed by atoms with van der Waals surface area (Å²) in [5.41, 5.74) is 1.17. The molecule has 0 spiro atoms. The van der Waals surface area contributed by atoms with Gasteiger partial charge < -0.3 is 14.8 Å². The fourth-order valence-corrected chi connectivity index (χ4v) is 1.97. The molecule has 2 aromatic rings. The molecule has 2 aromatic carbocycles. The first-order chi connectivity index (χ1) is 10.4. The van der Waals surface area contributed by atoms with Crippen LogP contribution in [0.15, 0.2) is 54.6 Å². The number of rotatable bonds is 9. The van der Waals surface area contributed by atoms with Crippen LogP contribution in [0.2, 0.25) is 0 Å². The van der Waals surface area contributed by atoms with Crippen molar-refractivity contribution in [2.45, 2.75) is 19.4 Å². The van der Waals surface area contributed by atoms with E-state index in [0.29, 0.717) is 6.61 Å². The van der Waals surface area contributed by atoms with Crippen molar-refractivity contribution < 1.29 is 9.47 Å². The molecule has 0 unspecified atom stereocenters. The number of ether oxygens (including phenoxy) is 2. The second kappa shape index (κ2) is 9.03. The zero-order valence-electron chi connectivity index (χ0n) is 12.5. The number of benzene rings is 2. The highest BCUT2D eigenvalue weighted by molar-refractivity contribution is 5.31. The minimum atomic E-state index is 0.588. The van der Waals surface area contributed by atoms with Crippen LogP contribution < -0.4 is 14.8 Å². The number of hydrogen-bond donors (Lipinski definition) is 1.